The third-order valence-corrected chi connectivity index (χ3v) is 2.76. The van der Waals surface area contributed by atoms with Gasteiger partial charge in [-0.2, -0.15) is 0 Å². The van der Waals surface area contributed by atoms with Gasteiger partial charge in [0.15, 0.2) is 5.76 Å². The van der Waals surface area contributed by atoms with Crippen LogP contribution in [0.3, 0.4) is 0 Å². The van der Waals surface area contributed by atoms with Gasteiger partial charge >= 0.3 is 0 Å². The molecule has 20 heavy (non-hydrogen) atoms. The van der Waals surface area contributed by atoms with Crippen LogP contribution in [-0.4, -0.2) is 19.4 Å². The van der Waals surface area contributed by atoms with Gasteiger partial charge in [0.05, 0.1) is 7.11 Å². The minimum atomic E-state index is 0.312. The van der Waals surface area contributed by atoms with Crippen LogP contribution in [0, 0.1) is 0 Å². The maximum Gasteiger partial charge on any atom is 0.162 e. The van der Waals surface area contributed by atoms with Crippen molar-refractivity contribution in [3.63, 3.8) is 0 Å². The number of aromatic nitrogens is 1. The fourth-order valence-corrected chi connectivity index (χ4v) is 1.77. The van der Waals surface area contributed by atoms with E-state index in [2.05, 4.69) is 5.16 Å². The highest BCUT2D eigenvalue weighted by Crippen LogP contribution is 2.24. The molecular formula is C14H18N2O4. The van der Waals surface area contributed by atoms with E-state index in [4.69, 9.17) is 24.5 Å². The summed E-state index contributed by atoms with van der Waals surface area (Å²) in [5.74, 6) is 2.13. The van der Waals surface area contributed by atoms with E-state index in [0.717, 1.165) is 11.3 Å². The molecule has 0 unspecified atom stereocenters. The second kappa shape index (κ2) is 6.93. The molecule has 1 aromatic carbocycles. The van der Waals surface area contributed by atoms with Gasteiger partial charge in [-0.15, -0.1) is 0 Å². The van der Waals surface area contributed by atoms with Crippen molar-refractivity contribution < 1.29 is 18.7 Å². The molecular weight excluding hydrogens is 260 g/mol. The van der Waals surface area contributed by atoms with Crippen molar-refractivity contribution in [3.8, 4) is 11.5 Å². The van der Waals surface area contributed by atoms with Crippen molar-refractivity contribution in [3.05, 3.63) is 41.3 Å². The lowest BCUT2D eigenvalue weighted by Gasteiger charge is -2.10. The van der Waals surface area contributed by atoms with Crippen molar-refractivity contribution in [1.82, 2.24) is 5.16 Å². The first-order valence-corrected chi connectivity index (χ1v) is 6.20. The summed E-state index contributed by atoms with van der Waals surface area (Å²) in [5, 5.41) is 3.90. The number of methoxy groups -OCH3 is 2. The van der Waals surface area contributed by atoms with Crippen molar-refractivity contribution in [2.45, 2.75) is 19.8 Å². The van der Waals surface area contributed by atoms with Crippen LogP contribution in [0.2, 0.25) is 0 Å². The maximum absolute atomic E-state index is 5.71. The Bertz CT molecular complexity index is 554. The lowest BCUT2D eigenvalue weighted by Crippen LogP contribution is -2.03. The fourth-order valence-electron chi connectivity index (χ4n) is 1.77. The molecule has 0 aliphatic carbocycles. The Kier molecular flexibility index (Phi) is 4.97. The van der Waals surface area contributed by atoms with Gasteiger partial charge in [0, 0.05) is 25.3 Å². The highest BCUT2D eigenvalue weighted by Gasteiger charge is 2.08. The molecule has 0 bridgehead atoms. The second-order valence-electron chi connectivity index (χ2n) is 4.18. The van der Waals surface area contributed by atoms with Crippen molar-refractivity contribution >= 4 is 0 Å². The summed E-state index contributed by atoms with van der Waals surface area (Å²) in [6.07, 6.45) is 0. The zero-order valence-corrected chi connectivity index (χ0v) is 11.6. The van der Waals surface area contributed by atoms with E-state index in [0.29, 0.717) is 37.0 Å². The zero-order chi connectivity index (χ0) is 14.4. The van der Waals surface area contributed by atoms with Crippen LogP contribution < -0.4 is 15.2 Å². The monoisotopic (exact) mass is 278 g/mol. The highest BCUT2D eigenvalue weighted by atomic mass is 16.5. The molecule has 0 aliphatic rings. The SMILES string of the molecule is COCc1cc(COc2ccc(OC)cc2CN)no1. The Morgan fingerprint density at radius 3 is 2.75 bits per heavy atom. The van der Waals surface area contributed by atoms with Crippen LogP contribution in [-0.2, 0) is 24.5 Å². The second-order valence-corrected chi connectivity index (χ2v) is 4.18. The van der Waals surface area contributed by atoms with Gasteiger partial charge in [-0.3, -0.25) is 0 Å². The molecule has 0 saturated carbocycles. The summed E-state index contributed by atoms with van der Waals surface area (Å²) < 4.78 is 20.9. The van der Waals surface area contributed by atoms with Crippen LogP contribution in [0.1, 0.15) is 17.0 Å². The minimum absolute atomic E-state index is 0.312. The fraction of sp³-hybridized carbons (Fsp3) is 0.357. The van der Waals surface area contributed by atoms with E-state index in [-0.39, 0.29) is 0 Å². The summed E-state index contributed by atoms with van der Waals surface area (Å²) in [7, 11) is 3.21. The predicted octanol–water partition coefficient (Wildman–Crippen LogP) is 1.87. The first-order chi connectivity index (χ1) is 9.76. The highest BCUT2D eigenvalue weighted by molar-refractivity contribution is 5.40. The molecule has 0 radical (unpaired) electrons. The van der Waals surface area contributed by atoms with E-state index < -0.39 is 0 Å². The molecule has 1 aromatic heterocycles. The summed E-state index contributed by atoms with van der Waals surface area (Å²) >= 11 is 0. The Balaban J connectivity index is 2.02. The van der Waals surface area contributed by atoms with Crippen molar-refractivity contribution in [1.29, 1.82) is 0 Å². The van der Waals surface area contributed by atoms with E-state index in [1.54, 1.807) is 20.3 Å². The van der Waals surface area contributed by atoms with E-state index in [9.17, 15) is 0 Å². The number of nitrogens with two attached hydrogens (primary N) is 1. The normalized spacial score (nSPS) is 10.6. The van der Waals surface area contributed by atoms with E-state index >= 15 is 0 Å². The molecule has 2 N–H and O–H groups in total. The molecule has 0 atom stereocenters. The number of hydrogen-bond donors (Lipinski definition) is 1. The molecule has 6 heteroatoms. The Morgan fingerprint density at radius 1 is 1.20 bits per heavy atom. The standard InChI is InChI=1S/C14H18N2O4/c1-17-9-13-6-11(16-20-13)8-19-14-4-3-12(18-2)5-10(14)7-15/h3-6H,7-9,15H2,1-2H3. The summed E-state index contributed by atoms with van der Waals surface area (Å²) in [6.45, 7) is 1.08. The summed E-state index contributed by atoms with van der Waals surface area (Å²) in [6, 6.07) is 7.31. The lowest BCUT2D eigenvalue weighted by molar-refractivity contribution is 0.155. The number of hydrogen-bond acceptors (Lipinski definition) is 6. The largest absolute Gasteiger partial charge is 0.497 e. The van der Waals surface area contributed by atoms with Crippen LogP contribution in [0.5, 0.6) is 11.5 Å². The molecule has 0 aliphatic heterocycles. The summed E-state index contributed by atoms with van der Waals surface area (Å²) in [5.41, 5.74) is 7.28. The molecule has 0 amide bonds. The molecule has 1 heterocycles. The third kappa shape index (κ3) is 3.49. The van der Waals surface area contributed by atoms with Gasteiger partial charge < -0.3 is 24.5 Å². The van der Waals surface area contributed by atoms with Gasteiger partial charge in [0.1, 0.15) is 30.4 Å². The van der Waals surface area contributed by atoms with Gasteiger partial charge in [0.2, 0.25) is 0 Å². The van der Waals surface area contributed by atoms with Crippen LogP contribution >= 0.6 is 0 Å². The molecule has 0 spiro atoms. The number of ether oxygens (including phenoxy) is 3. The quantitative estimate of drug-likeness (QED) is 0.832. The molecule has 0 fully saturated rings. The molecule has 2 aromatic rings. The summed E-state index contributed by atoms with van der Waals surface area (Å²) in [4.78, 5) is 0. The topological polar surface area (TPSA) is 79.7 Å². The Labute approximate surface area is 117 Å². The first-order valence-electron chi connectivity index (χ1n) is 6.20. The number of benzene rings is 1. The van der Waals surface area contributed by atoms with Crippen LogP contribution in [0.4, 0.5) is 0 Å². The van der Waals surface area contributed by atoms with E-state index in [1.807, 2.05) is 18.2 Å². The third-order valence-electron chi connectivity index (χ3n) is 2.76. The number of rotatable bonds is 7. The van der Waals surface area contributed by atoms with Gasteiger partial charge in [-0.05, 0) is 18.2 Å². The van der Waals surface area contributed by atoms with Gasteiger partial charge in [-0.1, -0.05) is 5.16 Å². The molecule has 0 saturated heterocycles. The van der Waals surface area contributed by atoms with E-state index in [1.165, 1.54) is 0 Å². The minimum Gasteiger partial charge on any atom is -0.497 e. The first kappa shape index (κ1) is 14.4. The average Bonchev–Trinajstić information content (AvgIpc) is 2.93. The number of nitrogens with zero attached hydrogens (tertiary/aromatic N) is 1. The average molecular weight is 278 g/mol. The zero-order valence-electron chi connectivity index (χ0n) is 11.6. The lowest BCUT2D eigenvalue weighted by atomic mass is 10.2. The maximum atomic E-state index is 5.71. The molecule has 108 valence electrons. The Morgan fingerprint density at radius 2 is 2.05 bits per heavy atom. The van der Waals surface area contributed by atoms with Crippen molar-refractivity contribution in [2.24, 2.45) is 5.73 Å². The van der Waals surface area contributed by atoms with Gasteiger partial charge in [0.25, 0.3) is 0 Å². The van der Waals surface area contributed by atoms with Crippen LogP contribution in [0.25, 0.3) is 0 Å². The smallest absolute Gasteiger partial charge is 0.162 e. The molecule has 2 rings (SSSR count). The molecule has 6 nitrogen and oxygen atoms in total. The Hall–Kier alpha value is -2.05. The van der Waals surface area contributed by atoms with Crippen molar-refractivity contribution in [2.75, 3.05) is 14.2 Å². The van der Waals surface area contributed by atoms with Gasteiger partial charge in [-0.25, -0.2) is 0 Å². The van der Waals surface area contributed by atoms with Crippen LogP contribution in [0.15, 0.2) is 28.8 Å². The predicted molar refractivity (Wildman–Crippen MR) is 72.4 cm³/mol.